The van der Waals surface area contributed by atoms with E-state index in [1.807, 2.05) is 61.7 Å². The number of ketones is 1. The number of fused-ring (bicyclic) bond motifs is 2. The first-order valence-corrected chi connectivity index (χ1v) is 11.0. The maximum atomic E-state index is 13.0. The van der Waals surface area contributed by atoms with Gasteiger partial charge in [0.05, 0.1) is 5.56 Å². The average molecular weight is 438 g/mol. The van der Waals surface area contributed by atoms with E-state index in [9.17, 15) is 4.79 Å². The molecule has 152 valence electrons. The smallest absolute Gasteiger partial charge is 0.232 e. The predicted molar refractivity (Wildman–Crippen MR) is 119 cm³/mol. The Balaban J connectivity index is 1.44. The lowest BCUT2D eigenvalue weighted by Crippen LogP contribution is -2.32. The second-order valence-electron chi connectivity index (χ2n) is 7.63. The van der Waals surface area contributed by atoms with Crippen LogP contribution in [0.3, 0.4) is 0 Å². The molecule has 0 aliphatic carbocycles. The van der Waals surface area contributed by atoms with E-state index in [1.165, 1.54) is 0 Å². The van der Waals surface area contributed by atoms with Gasteiger partial charge >= 0.3 is 0 Å². The SMILES string of the molecule is Cc1ccsc1/C=C1\Oc2c(cc3c(c2C)OCN(Cc2ccccc2Cl)C3)C1=O. The fraction of sp³-hybridized carbons (Fsp3) is 0.208. The molecule has 0 saturated carbocycles. The number of nitrogens with zero attached hydrogens (tertiary/aromatic N) is 1. The van der Waals surface area contributed by atoms with Gasteiger partial charge in [0.1, 0.15) is 18.2 Å². The van der Waals surface area contributed by atoms with Crippen molar-refractivity contribution in [1.82, 2.24) is 4.90 Å². The minimum Gasteiger partial charge on any atom is -0.477 e. The van der Waals surface area contributed by atoms with Crippen LogP contribution in [0.4, 0.5) is 0 Å². The standard InChI is InChI=1S/C24H20ClNO3S/c1-14-7-8-30-21(14)10-20-22(27)18-9-17-12-26(11-16-5-3-4-6-19(16)25)13-28-23(17)15(2)24(18)29-20/h3-10H,11-13H2,1-2H3/b20-10-. The van der Waals surface area contributed by atoms with Crippen molar-refractivity contribution >= 4 is 34.8 Å². The third-order valence-corrected chi connectivity index (χ3v) is 6.85. The molecule has 0 unspecified atom stereocenters. The van der Waals surface area contributed by atoms with Crippen molar-refractivity contribution in [2.45, 2.75) is 26.9 Å². The summed E-state index contributed by atoms with van der Waals surface area (Å²) in [7, 11) is 0. The number of benzene rings is 2. The van der Waals surface area contributed by atoms with Crippen LogP contribution in [0.25, 0.3) is 6.08 Å². The molecule has 0 fully saturated rings. The van der Waals surface area contributed by atoms with Gasteiger partial charge in [-0.25, -0.2) is 0 Å². The van der Waals surface area contributed by atoms with E-state index in [0.29, 0.717) is 36.9 Å². The monoisotopic (exact) mass is 437 g/mol. The van der Waals surface area contributed by atoms with Gasteiger partial charge in [-0.3, -0.25) is 9.69 Å². The maximum absolute atomic E-state index is 13.0. The van der Waals surface area contributed by atoms with Crippen molar-refractivity contribution in [2.75, 3.05) is 6.73 Å². The highest BCUT2D eigenvalue weighted by molar-refractivity contribution is 7.11. The van der Waals surface area contributed by atoms with Crippen LogP contribution >= 0.6 is 22.9 Å². The van der Waals surface area contributed by atoms with Crippen LogP contribution in [0.5, 0.6) is 11.5 Å². The summed E-state index contributed by atoms with van der Waals surface area (Å²) >= 11 is 7.91. The van der Waals surface area contributed by atoms with Crippen molar-refractivity contribution in [3.05, 3.63) is 85.3 Å². The van der Waals surface area contributed by atoms with E-state index in [4.69, 9.17) is 21.1 Å². The van der Waals surface area contributed by atoms with E-state index < -0.39 is 0 Å². The molecular weight excluding hydrogens is 418 g/mol. The number of carbonyl (C=O) groups excluding carboxylic acids is 1. The molecule has 5 rings (SSSR count). The Morgan fingerprint density at radius 2 is 2.03 bits per heavy atom. The molecule has 1 aromatic heterocycles. The van der Waals surface area contributed by atoms with Crippen molar-refractivity contribution in [3.8, 4) is 11.5 Å². The lowest BCUT2D eigenvalue weighted by atomic mass is 10.00. The number of hydrogen-bond donors (Lipinski definition) is 0. The van der Waals surface area contributed by atoms with Gasteiger partial charge in [0, 0.05) is 40.2 Å². The first kappa shape index (κ1) is 19.4. The zero-order valence-electron chi connectivity index (χ0n) is 16.7. The van der Waals surface area contributed by atoms with Gasteiger partial charge in [-0.05, 0) is 48.6 Å². The normalized spacial score (nSPS) is 16.9. The van der Waals surface area contributed by atoms with Crippen molar-refractivity contribution in [2.24, 2.45) is 0 Å². The summed E-state index contributed by atoms with van der Waals surface area (Å²) in [6.07, 6.45) is 1.84. The molecule has 0 radical (unpaired) electrons. The van der Waals surface area contributed by atoms with E-state index in [0.717, 1.165) is 37.9 Å². The van der Waals surface area contributed by atoms with Gasteiger partial charge in [0.25, 0.3) is 0 Å². The molecule has 30 heavy (non-hydrogen) atoms. The van der Waals surface area contributed by atoms with Crippen molar-refractivity contribution < 1.29 is 14.3 Å². The number of halogens is 1. The van der Waals surface area contributed by atoms with Crippen LogP contribution in [0.2, 0.25) is 5.02 Å². The largest absolute Gasteiger partial charge is 0.477 e. The number of rotatable bonds is 3. The third kappa shape index (κ3) is 3.33. The highest BCUT2D eigenvalue weighted by Crippen LogP contribution is 2.43. The molecule has 0 bridgehead atoms. The van der Waals surface area contributed by atoms with Crippen molar-refractivity contribution in [1.29, 1.82) is 0 Å². The third-order valence-electron chi connectivity index (χ3n) is 5.52. The quantitative estimate of drug-likeness (QED) is 0.472. The lowest BCUT2D eigenvalue weighted by molar-refractivity contribution is 0.0877. The molecule has 2 aromatic carbocycles. The molecule has 2 aliphatic rings. The summed E-state index contributed by atoms with van der Waals surface area (Å²) in [6, 6.07) is 11.8. The van der Waals surface area contributed by atoms with Gasteiger partial charge in [-0.1, -0.05) is 29.8 Å². The Morgan fingerprint density at radius 1 is 1.20 bits per heavy atom. The number of ether oxygens (including phenoxy) is 2. The topological polar surface area (TPSA) is 38.8 Å². The van der Waals surface area contributed by atoms with Crippen LogP contribution in [-0.4, -0.2) is 17.4 Å². The zero-order chi connectivity index (χ0) is 20.8. The fourth-order valence-corrected chi connectivity index (χ4v) is 4.96. The number of allylic oxidation sites excluding steroid dienone is 1. The van der Waals surface area contributed by atoms with Gasteiger partial charge in [0.2, 0.25) is 5.78 Å². The summed E-state index contributed by atoms with van der Waals surface area (Å²) in [5, 5.41) is 2.76. The number of Topliss-reactive ketones (excluding diaryl/α,β-unsaturated/α-hetero) is 1. The number of carbonyl (C=O) groups is 1. The van der Waals surface area contributed by atoms with Gasteiger partial charge in [0.15, 0.2) is 5.76 Å². The van der Waals surface area contributed by atoms with Crippen LogP contribution in [0.1, 0.15) is 37.5 Å². The molecule has 0 saturated heterocycles. The number of hydrogen-bond acceptors (Lipinski definition) is 5. The minimum absolute atomic E-state index is 0.0769. The Kier molecular flexibility index (Phi) is 4.89. The predicted octanol–water partition coefficient (Wildman–Crippen LogP) is 5.99. The molecule has 0 amide bonds. The molecule has 6 heteroatoms. The summed E-state index contributed by atoms with van der Waals surface area (Å²) in [5.74, 6) is 1.71. The van der Waals surface area contributed by atoms with Crippen LogP contribution in [-0.2, 0) is 13.1 Å². The fourth-order valence-electron chi connectivity index (χ4n) is 3.92. The van der Waals surface area contributed by atoms with Gasteiger partial charge in [-0.15, -0.1) is 11.3 Å². The first-order valence-electron chi connectivity index (χ1n) is 9.74. The molecule has 3 heterocycles. The highest BCUT2D eigenvalue weighted by Gasteiger charge is 2.33. The van der Waals surface area contributed by atoms with E-state index >= 15 is 0 Å². The molecule has 0 atom stereocenters. The Morgan fingerprint density at radius 3 is 2.80 bits per heavy atom. The van der Waals surface area contributed by atoms with E-state index in [-0.39, 0.29) is 5.78 Å². The maximum Gasteiger partial charge on any atom is 0.232 e. The Hall–Kier alpha value is -2.60. The van der Waals surface area contributed by atoms with Gasteiger partial charge < -0.3 is 9.47 Å². The van der Waals surface area contributed by atoms with Crippen molar-refractivity contribution in [3.63, 3.8) is 0 Å². The van der Waals surface area contributed by atoms with E-state index in [2.05, 4.69) is 4.90 Å². The molecule has 0 spiro atoms. The van der Waals surface area contributed by atoms with Gasteiger partial charge in [-0.2, -0.15) is 0 Å². The van der Waals surface area contributed by atoms with E-state index in [1.54, 1.807) is 11.3 Å². The van der Waals surface area contributed by atoms with Crippen LogP contribution < -0.4 is 9.47 Å². The van der Waals surface area contributed by atoms with Crippen LogP contribution in [0, 0.1) is 13.8 Å². The summed E-state index contributed by atoms with van der Waals surface area (Å²) in [4.78, 5) is 16.2. The molecule has 3 aromatic rings. The Labute approximate surface area is 184 Å². The molecular formula is C24H20ClNO3S. The average Bonchev–Trinajstić information content (AvgIpc) is 3.28. The number of aryl methyl sites for hydroxylation is 1. The zero-order valence-corrected chi connectivity index (χ0v) is 18.3. The first-order chi connectivity index (χ1) is 14.5. The minimum atomic E-state index is -0.0769. The summed E-state index contributed by atoms with van der Waals surface area (Å²) in [5.41, 5.74) is 4.67. The highest BCUT2D eigenvalue weighted by atomic mass is 35.5. The second kappa shape index (κ2) is 7.58. The summed E-state index contributed by atoms with van der Waals surface area (Å²) < 4.78 is 12.1. The number of thiophene rings is 1. The lowest BCUT2D eigenvalue weighted by Gasteiger charge is -2.30. The Bertz CT molecular complexity index is 1200. The molecule has 4 nitrogen and oxygen atoms in total. The summed E-state index contributed by atoms with van der Waals surface area (Å²) in [6.45, 7) is 5.81. The second-order valence-corrected chi connectivity index (χ2v) is 8.98. The molecule has 2 aliphatic heterocycles. The molecule has 0 N–H and O–H groups in total. The van der Waals surface area contributed by atoms with Crippen LogP contribution in [0.15, 0.2) is 47.5 Å².